The van der Waals surface area contributed by atoms with Gasteiger partial charge < -0.3 is 9.73 Å². The number of rotatable bonds is 4. The van der Waals surface area contributed by atoms with Gasteiger partial charge in [-0.25, -0.2) is 0 Å². The number of hydrogen-bond donors (Lipinski definition) is 1. The minimum Gasteiger partial charge on any atom is -0.460 e. The number of benzene rings is 1. The van der Waals surface area contributed by atoms with Crippen molar-refractivity contribution >= 4 is 15.9 Å². The molecule has 84 valence electrons. The molecule has 2 rings (SSSR count). The van der Waals surface area contributed by atoms with Crippen molar-refractivity contribution in [3.05, 3.63) is 46.6 Å². The van der Waals surface area contributed by atoms with Crippen LogP contribution >= 0.6 is 15.9 Å². The minimum absolute atomic E-state index is 0.785. The fraction of sp³-hybridized carbons (Fsp3) is 0.231. The highest BCUT2D eigenvalue weighted by molar-refractivity contribution is 9.10. The zero-order valence-electron chi connectivity index (χ0n) is 9.16. The molecule has 2 nitrogen and oxygen atoms in total. The van der Waals surface area contributed by atoms with Crippen LogP contribution in [0, 0.1) is 0 Å². The molecule has 0 bridgehead atoms. The largest absolute Gasteiger partial charge is 0.460 e. The molecular formula is C13H14BrNO. The molecule has 2 aromatic rings. The Morgan fingerprint density at radius 1 is 1.12 bits per heavy atom. The van der Waals surface area contributed by atoms with E-state index < -0.39 is 0 Å². The summed E-state index contributed by atoms with van der Waals surface area (Å²) in [5, 5.41) is 3.24. The van der Waals surface area contributed by atoms with Crippen molar-refractivity contribution in [2.75, 3.05) is 6.54 Å². The molecule has 0 amide bonds. The van der Waals surface area contributed by atoms with Crippen molar-refractivity contribution in [2.45, 2.75) is 13.5 Å². The zero-order valence-corrected chi connectivity index (χ0v) is 10.8. The maximum Gasteiger partial charge on any atom is 0.134 e. The van der Waals surface area contributed by atoms with Gasteiger partial charge in [0.2, 0.25) is 0 Å². The van der Waals surface area contributed by atoms with Gasteiger partial charge in [-0.2, -0.15) is 0 Å². The molecule has 1 aromatic heterocycles. The topological polar surface area (TPSA) is 25.2 Å². The second kappa shape index (κ2) is 5.32. The molecule has 0 saturated carbocycles. The third kappa shape index (κ3) is 2.74. The van der Waals surface area contributed by atoms with Crippen molar-refractivity contribution in [1.29, 1.82) is 0 Å². The van der Waals surface area contributed by atoms with E-state index in [9.17, 15) is 0 Å². The Kier molecular flexibility index (Phi) is 3.80. The smallest absolute Gasteiger partial charge is 0.134 e. The van der Waals surface area contributed by atoms with Crippen molar-refractivity contribution < 1.29 is 4.42 Å². The highest BCUT2D eigenvalue weighted by atomic mass is 79.9. The van der Waals surface area contributed by atoms with Gasteiger partial charge in [0.05, 0.1) is 6.54 Å². The van der Waals surface area contributed by atoms with Crippen LogP contribution in [0.15, 0.2) is 45.3 Å². The molecule has 0 saturated heterocycles. The lowest BCUT2D eigenvalue weighted by molar-refractivity contribution is 0.498. The third-order valence-electron chi connectivity index (χ3n) is 2.34. The maximum atomic E-state index is 5.73. The van der Waals surface area contributed by atoms with Gasteiger partial charge >= 0.3 is 0 Å². The monoisotopic (exact) mass is 279 g/mol. The van der Waals surface area contributed by atoms with Gasteiger partial charge in [0.1, 0.15) is 11.5 Å². The SMILES string of the molecule is CCNCc1ccc(-c2ccc(Br)cc2)o1. The summed E-state index contributed by atoms with van der Waals surface area (Å²) in [5.74, 6) is 1.89. The van der Waals surface area contributed by atoms with Crippen molar-refractivity contribution in [2.24, 2.45) is 0 Å². The van der Waals surface area contributed by atoms with E-state index in [4.69, 9.17) is 4.42 Å². The standard InChI is InChI=1S/C13H14BrNO/c1-2-15-9-12-7-8-13(16-12)10-3-5-11(14)6-4-10/h3-8,15H,2,9H2,1H3. The summed E-state index contributed by atoms with van der Waals surface area (Å²) in [6, 6.07) is 12.1. The molecule has 0 aliphatic rings. The first-order chi connectivity index (χ1) is 7.79. The third-order valence-corrected chi connectivity index (χ3v) is 2.87. The zero-order chi connectivity index (χ0) is 11.4. The summed E-state index contributed by atoms with van der Waals surface area (Å²) >= 11 is 3.42. The molecule has 1 N–H and O–H groups in total. The van der Waals surface area contributed by atoms with Crippen LogP contribution in [-0.2, 0) is 6.54 Å². The van der Waals surface area contributed by atoms with Gasteiger partial charge in [0.15, 0.2) is 0 Å². The second-order valence-electron chi connectivity index (χ2n) is 3.55. The number of hydrogen-bond acceptors (Lipinski definition) is 2. The Bertz CT molecular complexity index is 447. The molecule has 3 heteroatoms. The molecule has 1 heterocycles. The van der Waals surface area contributed by atoms with Crippen molar-refractivity contribution in [3.63, 3.8) is 0 Å². The first-order valence-corrected chi connectivity index (χ1v) is 6.14. The van der Waals surface area contributed by atoms with Gasteiger partial charge in [-0.15, -0.1) is 0 Å². The van der Waals surface area contributed by atoms with Crippen molar-refractivity contribution in [3.8, 4) is 11.3 Å². The number of nitrogens with one attached hydrogen (secondary N) is 1. The Labute approximate surface area is 104 Å². The first-order valence-electron chi connectivity index (χ1n) is 5.35. The normalized spacial score (nSPS) is 10.6. The van der Waals surface area contributed by atoms with Crippen LogP contribution in [0.4, 0.5) is 0 Å². The molecule has 0 aliphatic heterocycles. The maximum absolute atomic E-state index is 5.73. The Hall–Kier alpha value is -1.06. The van der Waals surface area contributed by atoms with Crippen LogP contribution in [0.5, 0.6) is 0 Å². The molecule has 0 fully saturated rings. The lowest BCUT2D eigenvalue weighted by Gasteiger charge is -1.98. The Balaban J connectivity index is 2.15. The van der Waals surface area contributed by atoms with Gasteiger partial charge in [-0.3, -0.25) is 0 Å². The van der Waals surface area contributed by atoms with Gasteiger partial charge in [-0.1, -0.05) is 35.0 Å². The molecular weight excluding hydrogens is 266 g/mol. The van der Waals surface area contributed by atoms with E-state index in [2.05, 4.69) is 28.2 Å². The quantitative estimate of drug-likeness (QED) is 0.921. The van der Waals surface area contributed by atoms with E-state index in [1.165, 1.54) is 0 Å². The summed E-state index contributed by atoms with van der Waals surface area (Å²) in [6.07, 6.45) is 0. The fourth-order valence-corrected chi connectivity index (χ4v) is 1.75. The molecule has 16 heavy (non-hydrogen) atoms. The average molecular weight is 280 g/mol. The van der Waals surface area contributed by atoms with E-state index >= 15 is 0 Å². The van der Waals surface area contributed by atoms with Crippen LogP contribution in [0.2, 0.25) is 0 Å². The summed E-state index contributed by atoms with van der Waals surface area (Å²) in [5.41, 5.74) is 1.10. The number of furan rings is 1. The van der Waals surface area contributed by atoms with Crippen LogP contribution in [0.3, 0.4) is 0 Å². The van der Waals surface area contributed by atoms with Crippen LogP contribution in [-0.4, -0.2) is 6.54 Å². The van der Waals surface area contributed by atoms with Crippen LogP contribution < -0.4 is 5.32 Å². The van der Waals surface area contributed by atoms with Crippen LogP contribution in [0.1, 0.15) is 12.7 Å². The predicted octanol–water partition coefficient (Wildman–Crippen LogP) is 3.82. The lowest BCUT2D eigenvalue weighted by Crippen LogP contribution is -2.10. The Morgan fingerprint density at radius 3 is 2.56 bits per heavy atom. The molecule has 0 unspecified atom stereocenters. The fourth-order valence-electron chi connectivity index (χ4n) is 1.49. The summed E-state index contributed by atoms with van der Waals surface area (Å²) in [7, 11) is 0. The van der Waals surface area contributed by atoms with Gasteiger partial charge in [0, 0.05) is 10.0 Å². The highest BCUT2D eigenvalue weighted by Crippen LogP contribution is 2.23. The van der Waals surface area contributed by atoms with Crippen LogP contribution in [0.25, 0.3) is 11.3 Å². The highest BCUT2D eigenvalue weighted by Gasteiger charge is 2.03. The second-order valence-corrected chi connectivity index (χ2v) is 4.47. The Morgan fingerprint density at radius 2 is 1.88 bits per heavy atom. The van der Waals surface area contributed by atoms with E-state index in [1.807, 2.05) is 36.4 Å². The van der Waals surface area contributed by atoms with E-state index in [0.717, 1.165) is 34.6 Å². The minimum atomic E-state index is 0.785. The van der Waals surface area contributed by atoms with Gasteiger partial charge in [-0.05, 0) is 30.8 Å². The molecule has 0 aliphatic carbocycles. The molecule has 0 spiro atoms. The van der Waals surface area contributed by atoms with Crippen molar-refractivity contribution in [1.82, 2.24) is 5.32 Å². The number of halogens is 1. The average Bonchev–Trinajstić information content (AvgIpc) is 2.76. The first kappa shape index (κ1) is 11.4. The van der Waals surface area contributed by atoms with Gasteiger partial charge in [0.25, 0.3) is 0 Å². The van der Waals surface area contributed by atoms with E-state index in [1.54, 1.807) is 0 Å². The molecule has 0 radical (unpaired) electrons. The summed E-state index contributed by atoms with van der Waals surface area (Å²) < 4.78 is 6.81. The lowest BCUT2D eigenvalue weighted by atomic mass is 10.2. The van der Waals surface area contributed by atoms with E-state index in [-0.39, 0.29) is 0 Å². The summed E-state index contributed by atoms with van der Waals surface area (Å²) in [6.45, 7) is 3.82. The molecule has 0 atom stereocenters. The predicted molar refractivity (Wildman–Crippen MR) is 69.2 cm³/mol. The van der Waals surface area contributed by atoms with E-state index in [0.29, 0.717) is 0 Å². The molecule has 1 aromatic carbocycles. The summed E-state index contributed by atoms with van der Waals surface area (Å²) in [4.78, 5) is 0.